The highest BCUT2D eigenvalue weighted by atomic mass is 32.2. The largest absolute Gasteiger partial charge is 0.497 e. The lowest BCUT2D eigenvalue weighted by molar-refractivity contribution is -0.122. The molecule has 0 atom stereocenters. The highest BCUT2D eigenvalue weighted by molar-refractivity contribution is 8.18. The lowest BCUT2D eigenvalue weighted by Crippen LogP contribution is -2.31. The van der Waals surface area contributed by atoms with Gasteiger partial charge < -0.3 is 9.72 Å². The highest BCUT2D eigenvalue weighted by Gasteiger charge is 2.33. The van der Waals surface area contributed by atoms with Crippen LogP contribution < -0.4 is 4.74 Å². The van der Waals surface area contributed by atoms with Gasteiger partial charge in [0.15, 0.2) is 5.17 Å². The summed E-state index contributed by atoms with van der Waals surface area (Å²) in [5.74, 6) is 0.777. The number of carbonyl (C=O) groups is 1. The molecule has 0 bridgehead atoms. The Morgan fingerprint density at radius 3 is 2.70 bits per heavy atom. The van der Waals surface area contributed by atoms with Crippen LogP contribution in [0, 0.1) is 6.92 Å². The zero-order valence-corrected chi connectivity index (χ0v) is 20.0. The van der Waals surface area contributed by atoms with Crippen molar-refractivity contribution >= 4 is 56.8 Å². The van der Waals surface area contributed by atoms with Gasteiger partial charge in [-0.2, -0.15) is 0 Å². The van der Waals surface area contributed by atoms with Crippen LogP contribution in [0.1, 0.15) is 16.0 Å². The number of H-pyrrole nitrogens is 1. The summed E-state index contributed by atoms with van der Waals surface area (Å²) in [6, 6.07) is 17.9. The molecule has 1 N–H and O–H groups in total. The molecule has 0 radical (unpaired) electrons. The van der Waals surface area contributed by atoms with Gasteiger partial charge in [0.2, 0.25) is 0 Å². The van der Waals surface area contributed by atoms with Crippen LogP contribution in [0.5, 0.6) is 5.75 Å². The van der Waals surface area contributed by atoms with E-state index < -0.39 is 0 Å². The molecule has 1 amide bonds. The van der Waals surface area contributed by atoms with Crippen LogP contribution in [-0.2, 0) is 11.2 Å². The first kappa shape index (κ1) is 21.6. The van der Waals surface area contributed by atoms with E-state index in [9.17, 15) is 4.79 Å². The zero-order valence-electron chi connectivity index (χ0n) is 18.4. The predicted octanol–water partition coefficient (Wildman–Crippen LogP) is 6.39. The molecule has 2 aromatic heterocycles. The van der Waals surface area contributed by atoms with Crippen molar-refractivity contribution in [3.63, 3.8) is 0 Å². The Balaban J connectivity index is 1.45. The van der Waals surface area contributed by atoms with Gasteiger partial charge in [0, 0.05) is 28.5 Å². The van der Waals surface area contributed by atoms with Crippen molar-refractivity contribution in [3.8, 4) is 5.75 Å². The van der Waals surface area contributed by atoms with Crippen molar-refractivity contribution in [2.75, 3.05) is 13.7 Å². The van der Waals surface area contributed by atoms with Gasteiger partial charge in [-0.25, -0.2) is 4.99 Å². The maximum absolute atomic E-state index is 13.4. The molecule has 0 aliphatic carbocycles. The molecule has 0 unspecified atom stereocenters. The molecular formula is C26H23N3O2S2. The number of hydrogen-bond donors (Lipinski definition) is 1. The Labute approximate surface area is 200 Å². The van der Waals surface area contributed by atoms with E-state index in [0.717, 1.165) is 28.3 Å². The summed E-state index contributed by atoms with van der Waals surface area (Å²) >= 11 is 3.08. The lowest BCUT2D eigenvalue weighted by Gasteiger charge is -2.15. The van der Waals surface area contributed by atoms with Gasteiger partial charge in [-0.3, -0.25) is 9.69 Å². The number of ether oxygens (including phenoxy) is 1. The first-order valence-electron chi connectivity index (χ1n) is 10.7. The minimum Gasteiger partial charge on any atom is -0.497 e. The third-order valence-electron chi connectivity index (χ3n) is 5.63. The average molecular weight is 474 g/mol. The fourth-order valence-electron chi connectivity index (χ4n) is 3.78. The van der Waals surface area contributed by atoms with Crippen LogP contribution in [0.15, 0.2) is 76.1 Å². The van der Waals surface area contributed by atoms with Crippen LogP contribution in [-0.4, -0.2) is 34.6 Å². The molecule has 1 aliphatic heterocycles. The van der Waals surface area contributed by atoms with Gasteiger partial charge in [0.25, 0.3) is 5.91 Å². The third kappa shape index (κ3) is 4.47. The second-order valence-corrected chi connectivity index (χ2v) is 9.69. The smallest absolute Gasteiger partial charge is 0.266 e. The van der Waals surface area contributed by atoms with Crippen LogP contribution in [0.4, 0.5) is 5.69 Å². The summed E-state index contributed by atoms with van der Waals surface area (Å²) in [7, 11) is 1.64. The number of amidine groups is 1. The minimum atomic E-state index is -0.0000899. The lowest BCUT2D eigenvalue weighted by atomic mass is 10.1. The molecule has 0 spiro atoms. The van der Waals surface area contributed by atoms with E-state index in [1.54, 1.807) is 23.3 Å². The maximum Gasteiger partial charge on any atom is 0.266 e. The number of aliphatic imine (C=N–C) groups is 1. The monoisotopic (exact) mass is 473 g/mol. The molecule has 166 valence electrons. The zero-order chi connectivity index (χ0) is 22.8. The number of rotatable bonds is 6. The fourth-order valence-corrected chi connectivity index (χ4v) is 5.72. The number of thioether (sulfide) groups is 1. The molecular weight excluding hydrogens is 450 g/mol. The summed E-state index contributed by atoms with van der Waals surface area (Å²) in [6.07, 6.45) is 4.76. The summed E-state index contributed by atoms with van der Waals surface area (Å²) < 4.78 is 5.25. The van der Waals surface area contributed by atoms with Gasteiger partial charge in [-0.15, -0.1) is 11.3 Å². The number of benzene rings is 2. The molecule has 5 nitrogen and oxygen atoms in total. The van der Waals surface area contributed by atoms with Crippen molar-refractivity contribution in [2.24, 2.45) is 4.99 Å². The molecule has 2 aromatic carbocycles. The number of methoxy groups -OCH3 is 1. The summed E-state index contributed by atoms with van der Waals surface area (Å²) in [4.78, 5) is 25.1. The van der Waals surface area contributed by atoms with Crippen molar-refractivity contribution < 1.29 is 9.53 Å². The van der Waals surface area contributed by atoms with E-state index in [1.165, 1.54) is 28.3 Å². The van der Waals surface area contributed by atoms with Gasteiger partial charge in [0.1, 0.15) is 5.75 Å². The quantitative estimate of drug-likeness (QED) is 0.330. The summed E-state index contributed by atoms with van der Waals surface area (Å²) in [5.41, 5.74) is 4.26. The second-order valence-electron chi connectivity index (χ2n) is 7.74. The van der Waals surface area contributed by atoms with Crippen molar-refractivity contribution in [1.29, 1.82) is 0 Å². The van der Waals surface area contributed by atoms with Crippen molar-refractivity contribution in [1.82, 2.24) is 9.88 Å². The van der Waals surface area contributed by atoms with Crippen LogP contribution in [0.3, 0.4) is 0 Å². The minimum absolute atomic E-state index is 0.0000899. The Morgan fingerprint density at radius 2 is 1.94 bits per heavy atom. The van der Waals surface area contributed by atoms with Crippen LogP contribution in [0.2, 0.25) is 0 Å². The Hall–Kier alpha value is -3.29. The van der Waals surface area contributed by atoms with E-state index >= 15 is 0 Å². The number of carbonyl (C=O) groups excluding carboxylic acids is 1. The molecule has 1 fully saturated rings. The number of hydrogen-bond acceptors (Lipinski definition) is 5. The highest BCUT2D eigenvalue weighted by Crippen LogP contribution is 2.36. The molecule has 1 saturated heterocycles. The Bertz CT molecular complexity index is 1370. The first-order valence-corrected chi connectivity index (χ1v) is 12.4. The number of aryl methyl sites for hydroxylation is 1. The van der Waals surface area contributed by atoms with Gasteiger partial charge >= 0.3 is 0 Å². The number of amides is 1. The number of nitrogens with zero attached hydrogens (tertiary/aromatic N) is 2. The summed E-state index contributed by atoms with van der Waals surface area (Å²) in [5, 5.41) is 3.94. The van der Waals surface area contributed by atoms with Gasteiger partial charge in [-0.1, -0.05) is 18.2 Å². The standard InChI is InChI=1S/C26H23N3O2S2/c1-17-12-14-32-23(17)15-24-25(30)29(13-11-18-16-27-22-6-4-3-5-21(18)22)26(33-24)28-19-7-9-20(31-2)10-8-19/h3-10,12,14-16,27H,11,13H2,1-2H3/b24-15+,28-26?. The number of aromatic amines is 1. The van der Waals surface area contributed by atoms with Crippen molar-refractivity contribution in [3.05, 3.63) is 87.1 Å². The number of thiophene rings is 1. The van der Waals surface area contributed by atoms with E-state index in [4.69, 9.17) is 9.73 Å². The number of nitrogens with one attached hydrogen (secondary N) is 1. The average Bonchev–Trinajstić information content (AvgIpc) is 3.52. The second kappa shape index (κ2) is 9.29. The van der Waals surface area contributed by atoms with Gasteiger partial charge in [-0.05, 0) is 84.1 Å². The topological polar surface area (TPSA) is 57.7 Å². The number of para-hydroxylation sites is 1. The van der Waals surface area contributed by atoms with E-state index in [1.807, 2.05) is 54.1 Å². The molecule has 0 saturated carbocycles. The summed E-state index contributed by atoms with van der Waals surface area (Å²) in [6.45, 7) is 2.62. The number of aromatic nitrogens is 1. The molecule has 7 heteroatoms. The first-order chi connectivity index (χ1) is 16.1. The SMILES string of the molecule is COc1ccc(N=C2S/C(=C/c3sccc3C)C(=O)N2CCc2c[nH]c3ccccc23)cc1. The molecule has 33 heavy (non-hydrogen) atoms. The number of fused-ring (bicyclic) bond motifs is 1. The fraction of sp³-hybridized carbons (Fsp3) is 0.154. The Kier molecular flexibility index (Phi) is 6.07. The van der Waals surface area contributed by atoms with Gasteiger partial charge in [0.05, 0.1) is 17.7 Å². The molecule has 5 rings (SSSR count). The van der Waals surface area contributed by atoms with E-state index in [2.05, 4.69) is 30.1 Å². The normalized spacial score (nSPS) is 16.4. The molecule has 3 heterocycles. The van der Waals surface area contributed by atoms with Crippen molar-refractivity contribution in [2.45, 2.75) is 13.3 Å². The van der Waals surface area contributed by atoms with Crippen LogP contribution >= 0.6 is 23.1 Å². The van der Waals surface area contributed by atoms with Crippen LogP contribution in [0.25, 0.3) is 17.0 Å². The predicted molar refractivity (Wildman–Crippen MR) is 138 cm³/mol. The Morgan fingerprint density at radius 1 is 1.12 bits per heavy atom. The molecule has 4 aromatic rings. The maximum atomic E-state index is 13.4. The van der Waals surface area contributed by atoms with E-state index in [0.29, 0.717) is 16.6 Å². The molecule has 1 aliphatic rings. The third-order valence-corrected chi connectivity index (χ3v) is 7.60. The van der Waals surface area contributed by atoms with E-state index in [-0.39, 0.29) is 5.91 Å².